The summed E-state index contributed by atoms with van der Waals surface area (Å²) in [6.45, 7) is 3.02. The second-order valence-electron chi connectivity index (χ2n) is 5.28. The van der Waals surface area contributed by atoms with Crippen LogP contribution < -0.4 is 11.1 Å². The van der Waals surface area contributed by atoms with Gasteiger partial charge in [0.05, 0.1) is 6.10 Å². The third-order valence-corrected chi connectivity index (χ3v) is 3.65. The van der Waals surface area contributed by atoms with E-state index in [2.05, 4.69) is 5.32 Å². The first kappa shape index (κ1) is 14.7. The van der Waals surface area contributed by atoms with Gasteiger partial charge in [-0.3, -0.25) is 4.79 Å². The molecule has 0 atom stereocenters. The number of amides is 1. The van der Waals surface area contributed by atoms with E-state index in [1.807, 2.05) is 6.92 Å². The lowest BCUT2D eigenvalue weighted by atomic mass is 9.80. The highest BCUT2D eigenvalue weighted by atomic mass is 16.5. The maximum absolute atomic E-state index is 11.8. The molecule has 2 rings (SSSR count). The van der Waals surface area contributed by atoms with Crippen molar-refractivity contribution < 1.29 is 14.6 Å². The maximum atomic E-state index is 11.8. The van der Waals surface area contributed by atoms with Gasteiger partial charge in [-0.15, -0.1) is 0 Å². The van der Waals surface area contributed by atoms with E-state index in [-0.39, 0.29) is 11.7 Å². The smallest absolute Gasteiger partial charge is 0.220 e. The molecule has 1 aliphatic rings. The Kier molecular flexibility index (Phi) is 4.84. The minimum atomic E-state index is 0.00627. The average molecular weight is 278 g/mol. The first-order valence-corrected chi connectivity index (χ1v) is 7.04. The number of phenols is 1. The lowest BCUT2D eigenvalue weighted by molar-refractivity contribution is -0.124. The minimum Gasteiger partial charge on any atom is -0.508 e. The van der Waals surface area contributed by atoms with Crippen molar-refractivity contribution in [3.05, 3.63) is 23.8 Å². The summed E-state index contributed by atoms with van der Waals surface area (Å²) in [6, 6.07) is 4.84. The molecule has 1 aromatic carbocycles. The second-order valence-corrected chi connectivity index (χ2v) is 5.28. The number of nitrogens with one attached hydrogen (secondary N) is 1. The van der Waals surface area contributed by atoms with Crippen LogP contribution in [0.5, 0.6) is 5.75 Å². The van der Waals surface area contributed by atoms with Gasteiger partial charge in [-0.2, -0.15) is 0 Å². The number of phenolic OH excluding ortho intramolecular Hbond substituents is 1. The molecule has 5 nitrogen and oxygen atoms in total. The standard InChI is InChI=1S/C15H22N2O3/c1-2-20-13-5-10(6-13)7-15(19)17-9-11-8-12(16)3-4-14(11)18/h3-4,8,10,13,18H,2,5-7,9,16H2,1H3,(H,17,19). The van der Waals surface area contributed by atoms with Crippen molar-refractivity contribution in [2.24, 2.45) is 5.92 Å². The third-order valence-electron chi connectivity index (χ3n) is 3.65. The Labute approximate surface area is 119 Å². The van der Waals surface area contributed by atoms with Crippen LogP contribution in [0.1, 0.15) is 31.7 Å². The van der Waals surface area contributed by atoms with E-state index in [9.17, 15) is 9.90 Å². The van der Waals surface area contributed by atoms with Crippen molar-refractivity contribution in [2.75, 3.05) is 12.3 Å². The molecule has 0 saturated heterocycles. The number of hydrogen-bond acceptors (Lipinski definition) is 4. The van der Waals surface area contributed by atoms with Crippen LogP contribution in [-0.2, 0) is 16.1 Å². The van der Waals surface area contributed by atoms with Gasteiger partial charge in [-0.1, -0.05) is 0 Å². The van der Waals surface area contributed by atoms with Crippen molar-refractivity contribution in [2.45, 2.75) is 38.8 Å². The zero-order chi connectivity index (χ0) is 14.5. The van der Waals surface area contributed by atoms with E-state index in [1.54, 1.807) is 12.1 Å². The summed E-state index contributed by atoms with van der Waals surface area (Å²) in [5.74, 6) is 0.576. The summed E-state index contributed by atoms with van der Waals surface area (Å²) in [5, 5.41) is 12.5. The Morgan fingerprint density at radius 2 is 2.25 bits per heavy atom. The summed E-state index contributed by atoms with van der Waals surface area (Å²) < 4.78 is 5.47. The van der Waals surface area contributed by atoms with E-state index >= 15 is 0 Å². The number of ether oxygens (including phenoxy) is 1. The molecule has 0 aliphatic heterocycles. The summed E-state index contributed by atoms with van der Waals surface area (Å²) in [7, 11) is 0. The summed E-state index contributed by atoms with van der Waals surface area (Å²) >= 11 is 0. The highest BCUT2D eigenvalue weighted by molar-refractivity contribution is 5.76. The molecule has 0 bridgehead atoms. The molecule has 4 N–H and O–H groups in total. The van der Waals surface area contributed by atoms with Gasteiger partial charge in [-0.25, -0.2) is 0 Å². The predicted octanol–water partition coefficient (Wildman–Crippen LogP) is 1.80. The fourth-order valence-corrected chi connectivity index (χ4v) is 2.49. The number of carbonyl (C=O) groups excluding carboxylic acids is 1. The molecule has 1 aromatic rings. The van der Waals surface area contributed by atoms with E-state index < -0.39 is 0 Å². The van der Waals surface area contributed by atoms with Crippen LogP contribution >= 0.6 is 0 Å². The van der Waals surface area contributed by atoms with Gasteiger partial charge in [-0.05, 0) is 43.9 Å². The Morgan fingerprint density at radius 3 is 2.95 bits per heavy atom. The van der Waals surface area contributed by atoms with Crippen LogP contribution in [-0.4, -0.2) is 23.7 Å². The van der Waals surface area contributed by atoms with E-state index in [1.165, 1.54) is 6.07 Å². The van der Waals surface area contributed by atoms with Crippen LogP contribution in [0.2, 0.25) is 0 Å². The molecular weight excluding hydrogens is 256 g/mol. The number of nitrogens with two attached hydrogens (primary N) is 1. The normalized spacial score (nSPS) is 21.2. The third kappa shape index (κ3) is 3.87. The molecule has 1 saturated carbocycles. The molecule has 0 unspecified atom stereocenters. The molecule has 110 valence electrons. The second kappa shape index (κ2) is 6.61. The zero-order valence-electron chi connectivity index (χ0n) is 11.8. The van der Waals surface area contributed by atoms with Crippen molar-refractivity contribution in [3.8, 4) is 5.75 Å². The Morgan fingerprint density at radius 1 is 1.50 bits per heavy atom. The molecule has 0 radical (unpaired) electrons. The number of carbonyl (C=O) groups is 1. The molecule has 0 aromatic heterocycles. The monoisotopic (exact) mass is 278 g/mol. The lowest BCUT2D eigenvalue weighted by Gasteiger charge is -2.34. The molecule has 0 heterocycles. The fourth-order valence-electron chi connectivity index (χ4n) is 2.49. The first-order chi connectivity index (χ1) is 9.58. The van der Waals surface area contributed by atoms with Gasteiger partial charge in [0.2, 0.25) is 5.91 Å². The van der Waals surface area contributed by atoms with E-state index in [0.717, 1.165) is 19.4 Å². The van der Waals surface area contributed by atoms with E-state index in [4.69, 9.17) is 10.5 Å². The number of nitrogen functional groups attached to an aromatic ring is 1. The first-order valence-electron chi connectivity index (χ1n) is 7.04. The number of hydrogen-bond donors (Lipinski definition) is 3. The SMILES string of the molecule is CCOC1CC(CC(=O)NCc2cc(N)ccc2O)C1. The quantitative estimate of drug-likeness (QED) is 0.547. The zero-order valence-corrected chi connectivity index (χ0v) is 11.8. The van der Waals surface area contributed by atoms with Crippen molar-refractivity contribution in [3.63, 3.8) is 0 Å². The van der Waals surface area contributed by atoms with Gasteiger partial charge in [0, 0.05) is 30.8 Å². The number of anilines is 1. The van der Waals surface area contributed by atoms with Crippen molar-refractivity contribution in [1.29, 1.82) is 0 Å². The van der Waals surface area contributed by atoms with Gasteiger partial charge < -0.3 is 20.9 Å². The summed E-state index contributed by atoms with van der Waals surface area (Å²) in [6.07, 6.45) is 2.78. The van der Waals surface area contributed by atoms with Crippen LogP contribution in [0, 0.1) is 5.92 Å². The van der Waals surface area contributed by atoms with Crippen molar-refractivity contribution in [1.82, 2.24) is 5.32 Å². The molecule has 1 aliphatic carbocycles. The molecule has 1 amide bonds. The van der Waals surface area contributed by atoms with Crippen LogP contribution in [0.25, 0.3) is 0 Å². The largest absolute Gasteiger partial charge is 0.508 e. The molecule has 0 spiro atoms. The minimum absolute atomic E-state index is 0.00627. The lowest BCUT2D eigenvalue weighted by Crippen LogP contribution is -2.35. The average Bonchev–Trinajstić information content (AvgIpc) is 2.37. The predicted molar refractivity (Wildman–Crippen MR) is 77.1 cm³/mol. The van der Waals surface area contributed by atoms with Crippen LogP contribution in [0.4, 0.5) is 5.69 Å². The van der Waals surface area contributed by atoms with Crippen molar-refractivity contribution >= 4 is 11.6 Å². The molecule has 5 heteroatoms. The number of rotatable bonds is 6. The highest BCUT2D eigenvalue weighted by Crippen LogP contribution is 2.32. The fraction of sp³-hybridized carbons (Fsp3) is 0.533. The molecule has 1 fully saturated rings. The van der Waals surface area contributed by atoms with Gasteiger partial charge in [0.15, 0.2) is 0 Å². The van der Waals surface area contributed by atoms with Gasteiger partial charge >= 0.3 is 0 Å². The van der Waals surface area contributed by atoms with Crippen LogP contribution in [0.3, 0.4) is 0 Å². The molecular formula is C15H22N2O3. The highest BCUT2D eigenvalue weighted by Gasteiger charge is 2.30. The maximum Gasteiger partial charge on any atom is 0.220 e. The van der Waals surface area contributed by atoms with Crippen LogP contribution in [0.15, 0.2) is 18.2 Å². The summed E-state index contributed by atoms with van der Waals surface area (Å²) in [5.41, 5.74) is 6.86. The Balaban J connectivity index is 1.72. The van der Waals surface area contributed by atoms with Gasteiger partial charge in [0.1, 0.15) is 5.75 Å². The molecule has 20 heavy (non-hydrogen) atoms. The summed E-state index contributed by atoms with van der Waals surface area (Å²) in [4.78, 5) is 11.8. The topological polar surface area (TPSA) is 84.6 Å². The van der Waals surface area contributed by atoms with Gasteiger partial charge in [0.25, 0.3) is 0 Å². The number of benzene rings is 1. The Bertz CT molecular complexity index is 470. The van der Waals surface area contributed by atoms with E-state index in [0.29, 0.717) is 36.2 Å². The number of aromatic hydroxyl groups is 1. The Hall–Kier alpha value is -1.75.